The van der Waals surface area contributed by atoms with Crippen molar-refractivity contribution < 1.29 is 9.78 Å². The predicted molar refractivity (Wildman–Crippen MR) is 89.4 cm³/mol. The van der Waals surface area contributed by atoms with Crippen LogP contribution in [0, 0.1) is 0 Å². The average molecular weight is 321 g/mol. The number of hydrogen-bond donors (Lipinski definition) is 1. The van der Waals surface area contributed by atoms with Gasteiger partial charge in [-0.3, -0.25) is 4.79 Å². The van der Waals surface area contributed by atoms with E-state index < -0.39 is 0 Å². The minimum absolute atomic E-state index is 0.0960. The van der Waals surface area contributed by atoms with Crippen molar-refractivity contribution in [2.75, 3.05) is 5.75 Å². The second-order valence-electron chi connectivity index (χ2n) is 5.11. The molecule has 2 aromatic heterocycles. The summed E-state index contributed by atoms with van der Waals surface area (Å²) in [6.07, 6.45) is 3.19. The molecule has 0 radical (unpaired) electrons. The number of aromatic amines is 2. The number of carbonyl (C=O) groups is 1. The van der Waals surface area contributed by atoms with Crippen LogP contribution in [0.15, 0.2) is 60.1 Å². The Morgan fingerprint density at radius 1 is 1.13 bits per heavy atom. The molecule has 4 aromatic rings. The van der Waals surface area contributed by atoms with E-state index in [2.05, 4.69) is 19.9 Å². The molecule has 2 aromatic carbocycles. The molecule has 112 valence electrons. The summed E-state index contributed by atoms with van der Waals surface area (Å²) >= 11 is 1.45. The number of hydrogen-bond acceptors (Lipinski definition) is 4. The van der Waals surface area contributed by atoms with Crippen LogP contribution in [0.3, 0.4) is 0 Å². The molecular formula is C17H13N4OS+. The lowest BCUT2D eigenvalue weighted by Crippen LogP contribution is -2.10. The molecule has 0 saturated heterocycles. The zero-order valence-electron chi connectivity index (χ0n) is 12.1. The topological polar surface area (TPSA) is 72.8 Å². The highest BCUT2D eigenvalue weighted by Gasteiger charge is 2.14. The number of Topliss-reactive ketones (excluding diaryl/α,β-unsaturated/α-hetero) is 1. The first kappa shape index (κ1) is 13.9. The number of ketones is 1. The number of fused-ring (bicyclic) bond motifs is 2. The SMILES string of the molecule is O=C(CSc1[nH+]cnc2nc[nH]c12)c1ccc2ccccc2c1. The van der Waals surface area contributed by atoms with Crippen molar-refractivity contribution >= 4 is 39.5 Å². The van der Waals surface area contributed by atoms with Crippen LogP contribution in [0.2, 0.25) is 0 Å². The van der Waals surface area contributed by atoms with Crippen molar-refractivity contribution in [3.05, 3.63) is 60.7 Å². The largest absolute Gasteiger partial charge is 0.337 e. The van der Waals surface area contributed by atoms with Gasteiger partial charge in [-0.2, -0.15) is 4.98 Å². The zero-order chi connectivity index (χ0) is 15.6. The molecule has 0 atom stereocenters. The summed E-state index contributed by atoms with van der Waals surface area (Å²) in [5.41, 5.74) is 2.19. The van der Waals surface area contributed by atoms with E-state index in [1.165, 1.54) is 11.8 Å². The highest BCUT2D eigenvalue weighted by atomic mass is 32.2. The van der Waals surface area contributed by atoms with Gasteiger partial charge in [-0.15, -0.1) is 0 Å². The third-order valence-electron chi connectivity index (χ3n) is 3.65. The molecule has 2 N–H and O–H groups in total. The Morgan fingerprint density at radius 2 is 2.00 bits per heavy atom. The Morgan fingerprint density at radius 3 is 2.91 bits per heavy atom. The van der Waals surface area contributed by atoms with E-state index in [4.69, 9.17) is 0 Å². The van der Waals surface area contributed by atoms with Crippen molar-refractivity contribution in [1.29, 1.82) is 0 Å². The van der Waals surface area contributed by atoms with E-state index in [1.54, 1.807) is 12.7 Å². The standard InChI is InChI=1S/C17H12N4OS/c22-14(13-6-5-11-3-1-2-4-12(11)7-13)8-23-17-15-16(19-9-18-15)20-10-21-17/h1-7,9-10H,8H2,(H,18,19,20,21)/p+1. The molecule has 0 fully saturated rings. The van der Waals surface area contributed by atoms with Gasteiger partial charge >= 0.3 is 0 Å². The number of imidazole rings is 1. The first-order chi connectivity index (χ1) is 11.3. The third-order valence-corrected chi connectivity index (χ3v) is 4.67. The maximum absolute atomic E-state index is 12.5. The van der Waals surface area contributed by atoms with Gasteiger partial charge < -0.3 is 4.98 Å². The van der Waals surface area contributed by atoms with Crippen LogP contribution < -0.4 is 4.98 Å². The Kier molecular flexibility index (Phi) is 3.51. The molecule has 4 rings (SSSR count). The van der Waals surface area contributed by atoms with Gasteiger partial charge in [0.1, 0.15) is 0 Å². The number of benzene rings is 2. The molecule has 0 aliphatic heterocycles. The Hall–Kier alpha value is -2.73. The number of rotatable bonds is 4. The quantitative estimate of drug-likeness (QED) is 0.356. The molecular weight excluding hydrogens is 308 g/mol. The van der Waals surface area contributed by atoms with E-state index in [-0.39, 0.29) is 5.78 Å². The number of aromatic nitrogens is 4. The number of nitrogens with zero attached hydrogens (tertiary/aromatic N) is 2. The number of carbonyl (C=O) groups excluding carboxylic acids is 1. The summed E-state index contributed by atoms with van der Waals surface area (Å²) in [6, 6.07) is 13.8. The van der Waals surface area contributed by atoms with E-state index in [0.29, 0.717) is 11.4 Å². The van der Waals surface area contributed by atoms with Crippen LogP contribution >= 0.6 is 11.8 Å². The molecule has 0 amide bonds. The van der Waals surface area contributed by atoms with Gasteiger partial charge in [0.15, 0.2) is 16.3 Å². The van der Waals surface area contributed by atoms with Crippen molar-refractivity contribution in [2.45, 2.75) is 5.03 Å². The summed E-state index contributed by atoms with van der Waals surface area (Å²) in [4.78, 5) is 26.8. The number of H-pyrrole nitrogens is 2. The highest BCUT2D eigenvalue weighted by Crippen LogP contribution is 2.22. The van der Waals surface area contributed by atoms with Crippen LogP contribution in [0.4, 0.5) is 0 Å². The first-order valence-corrected chi connectivity index (χ1v) is 8.14. The molecule has 0 spiro atoms. The number of thioether (sulfide) groups is 1. The monoisotopic (exact) mass is 321 g/mol. The molecule has 0 aliphatic rings. The molecule has 0 unspecified atom stereocenters. The second kappa shape index (κ2) is 5.81. The first-order valence-electron chi connectivity index (χ1n) is 7.16. The predicted octanol–water partition coefficient (Wildman–Crippen LogP) is 2.90. The summed E-state index contributed by atoms with van der Waals surface area (Å²) in [5.74, 6) is 0.450. The number of nitrogens with one attached hydrogen (secondary N) is 2. The van der Waals surface area contributed by atoms with Crippen LogP contribution in [-0.4, -0.2) is 26.5 Å². The van der Waals surface area contributed by atoms with Crippen LogP contribution in [0.1, 0.15) is 10.4 Å². The van der Waals surface area contributed by atoms with E-state index in [9.17, 15) is 4.79 Å². The maximum Gasteiger partial charge on any atom is 0.296 e. The maximum atomic E-state index is 12.5. The van der Waals surface area contributed by atoms with Gasteiger partial charge in [0.25, 0.3) is 12.0 Å². The Balaban J connectivity index is 1.56. The fourth-order valence-corrected chi connectivity index (χ4v) is 3.35. The lowest BCUT2D eigenvalue weighted by molar-refractivity contribution is -0.428. The van der Waals surface area contributed by atoms with Crippen LogP contribution in [0.25, 0.3) is 21.9 Å². The minimum Gasteiger partial charge on any atom is -0.337 e. The third kappa shape index (κ3) is 2.68. The fourth-order valence-electron chi connectivity index (χ4n) is 2.47. The van der Waals surface area contributed by atoms with Crippen LogP contribution in [0.5, 0.6) is 0 Å². The smallest absolute Gasteiger partial charge is 0.296 e. The average Bonchev–Trinajstić information content (AvgIpc) is 3.08. The lowest BCUT2D eigenvalue weighted by atomic mass is 10.1. The Bertz CT molecular complexity index is 1010. The molecule has 5 nitrogen and oxygen atoms in total. The zero-order valence-corrected chi connectivity index (χ0v) is 12.9. The van der Waals surface area contributed by atoms with Crippen molar-refractivity contribution in [3.8, 4) is 0 Å². The van der Waals surface area contributed by atoms with Crippen molar-refractivity contribution in [3.63, 3.8) is 0 Å². The van der Waals surface area contributed by atoms with Gasteiger partial charge in [0.05, 0.1) is 12.1 Å². The van der Waals surface area contributed by atoms with E-state index in [1.807, 2.05) is 42.5 Å². The summed E-state index contributed by atoms with van der Waals surface area (Å²) in [5, 5.41) is 3.08. The second-order valence-corrected chi connectivity index (χ2v) is 6.09. The van der Waals surface area contributed by atoms with Crippen molar-refractivity contribution in [1.82, 2.24) is 15.0 Å². The van der Waals surface area contributed by atoms with Gasteiger partial charge in [0, 0.05) is 5.56 Å². The highest BCUT2D eigenvalue weighted by molar-refractivity contribution is 8.00. The van der Waals surface area contributed by atoms with Gasteiger partial charge in [0.2, 0.25) is 0 Å². The fraction of sp³-hybridized carbons (Fsp3) is 0.0588. The Labute approximate surface area is 136 Å². The normalized spacial score (nSPS) is 11.1. The molecule has 0 bridgehead atoms. The molecule has 2 heterocycles. The molecule has 23 heavy (non-hydrogen) atoms. The minimum atomic E-state index is 0.0960. The summed E-state index contributed by atoms with van der Waals surface area (Å²) in [6.45, 7) is 0. The van der Waals surface area contributed by atoms with Gasteiger partial charge in [-0.25, -0.2) is 4.98 Å². The van der Waals surface area contributed by atoms with Gasteiger partial charge in [-0.05, 0) is 21.8 Å². The molecule has 6 heteroatoms. The van der Waals surface area contributed by atoms with Gasteiger partial charge in [-0.1, -0.05) is 48.2 Å². The van der Waals surface area contributed by atoms with Crippen molar-refractivity contribution in [2.24, 2.45) is 0 Å². The summed E-state index contributed by atoms with van der Waals surface area (Å²) < 4.78 is 0. The lowest BCUT2D eigenvalue weighted by Gasteiger charge is -2.03. The van der Waals surface area contributed by atoms with E-state index in [0.717, 1.165) is 26.9 Å². The molecule has 0 aliphatic carbocycles. The molecule has 0 saturated carbocycles. The van der Waals surface area contributed by atoms with Crippen LogP contribution in [-0.2, 0) is 0 Å². The van der Waals surface area contributed by atoms with E-state index >= 15 is 0 Å². The summed E-state index contributed by atoms with van der Waals surface area (Å²) in [7, 11) is 0.